The number of nitrogens with zero attached hydrogens (tertiary/aromatic N) is 1. The van der Waals surface area contributed by atoms with Crippen molar-refractivity contribution in [3.63, 3.8) is 0 Å². The van der Waals surface area contributed by atoms with E-state index in [-0.39, 0.29) is 0 Å². The molecule has 0 saturated heterocycles. The lowest BCUT2D eigenvalue weighted by Gasteiger charge is -2.06. The van der Waals surface area contributed by atoms with E-state index in [1.165, 1.54) is 0 Å². The first-order valence-corrected chi connectivity index (χ1v) is 7.35. The molecule has 0 aliphatic heterocycles. The normalized spacial score (nSPS) is 10.8. The molecule has 0 N–H and O–H groups in total. The van der Waals surface area contributed by atoms with E-state index in [0.29, 0.717) is 5.57 Å². The number of allylic oxidation sites excluding steroid dienone is 1. The van der Waals surface area contributed by atoms with Gasteiger partial charge in [0.1, 0.15) is 11.5 Å². The maximum atomic E-state index is 9.40. The fourth-order valence-corrected chi connectivity index (χ4v) is 2.26. The zero-order valence-corrected chi connectivity index (χ0v) is 12.5. The third kappa shape index (κ3) is 3.87. The first kappa shape index (κ1) is 14.6. The third-order valence-corrected chi connectivity index (χ3v) is 3.35. The lowest BCUT2D eigenvalue weighted by atomic mass is 10.0. The average Bonchev–Trinajstić information content (AvgIpc) is 2.62. The van der Waals surface area contributed by atoms with Crippen LogP contribution in [0, 0.1) is 11.3 Å². The van der Waals surface area contributed by atoms with Crippen molar-refractivity contribution in [3.8, 4) is 17.6 Å². The van der Waals surface area contributed by atoms with Crippen molar-refractivity contribution in [2.24, 2.45) is 0 Å². The van der Waals surface area contributed by atoms with Crippen molar-refractivity contribution in [3.05, 3.63) is 96.1 Å². The van der Waals surface area contributed by atoms with Crippen molar-refractivity contribution in [1.29, 1.82) is 5.26 Å². The molecule has 0 amide bonds. The van der Waals surface area contributed by atoms with Crippen LogP contribution in [0.1, 0.15) is 11.1 Å². The number of rotatable bonds is 4. The molecule has 0 aliphatic carbocycles. The minimum Gasteiger partial charge on any atom is -0.457 e. The smallest absolute Gasteiger partial charge is 0.128 e. The summed E-state index contributed by atoms with van der Waals surface area (Å²) in [5.74, 6) is 1.53. The van der Waals surface area contributed by atoms with Gasteiger partial charge in [-0.25, -0.2) is 0 Å². The predicted octanol–water partition coefficient (Wildman–Crippen LogP) is 5.54. The Labute approximate surface area is 135 Å². The number of benzene rings is 3. The molecule has 0 heterocycles. The minimum absolute atomic E-state index is 0.627. The number of ether oxygens (including phenoxy) is 1. The molecule has 2 nitrogen and oxygen atoms in total. The van der Waals surface area contributed by atoms with Crippen molar-refractivity contribution in [1.82, 2.24) is 0 Å². The largest absolute Gasteiger partial charge is 0.457 e. The monoisotopic (exact) mass is 297 g/mol. The SMILES string of the molecule is N#C/C(=C\c1cccc(Oc2ccccc2)c1)c1ccccc1. The Morgan fingerprint density at radius 2 is 1.43 bits per heavy atom. The Kier molecular flexibility index (Phi) is 4.52. The van der Waals surface area contributed by atoms with Crippen LogP contribution in [0.3, 0.4) is 0 Å². The summed E-state index contributed by atoms with van der Waals surface area (Å²) in [7, 11) is 0. The second-order valence-electron chi connectivity index (χ2n) is 5.02. The number of para-hydroxylation sites is 1. The summed E-state index contributed by atoms with van der Waals surface area (Å²) >= 11 is 0. The van der Waals surface area contributed by atoms with Crippen LogP contribution in [0.2, 0.25) is 0 Å². The van der Waals surface area contributed by atoms with Gasteiger partial charge in [0, 0.05) is 0 Å². The molecule has 3 rings (SSSR count). The van der Waals surface area contributed by atoms with Crippen LogP contribution in [0.15, 0.2) is 84.9 Å². The Bertz CT molecular complexity index is 846. The molecular weight excluding hydrogens is 282 g/mol. The molecule has 0 aromatic heterocycles. The summed E-state index contributed by atoms with van der Waals surface area (Å²) < 4.78 is 5.83. The van der Waals surface area contributed by atoms with E-state index >= 15 is 0 Å². The summed E-state index contributed by atoms with van der Waals surface area (Å²) in [6.45, 7) is 0. The van der Waals surface area contributed by atoms with Crippen molar-refractivity contribution in [2.75, 3.05) is 0 Å². The van der Waals surface area contributed by atoms with Gasteiger partial charge in [0.2, 0.25) is 0 Å². The topological polar surface area (TPSA) is 33.0 Å². The molecule has 0 aliphatic rings. The van der Waals surface area contributed by atoms with Gasteiger partial charge in [0.15, 0.2) is 0 Å². The second-order valence-corrected chi connectivity index (χ2v) is 5.02. The molecular formula is C21H15NO. The molecule has 3 aromatic carbocycles. The molecule has 0 spiro atoms. The fraction of sp³-hybridized carbons (Fsp3) is 0. The molecule has 0 fully saturated rings. The highest BCUT2D eigenvalue weighted by Gasteiger charge is 2.02. The maximum absolute atomic E-state index is 9.40. The van der Waals surface area contributed by atoms with Crippen LogP contribution in [0.4, 0.5) is 0 Å². The van der Waals surface area contributed by atoms with Gasteiger partial charge in [-0.1, -0.05) is 60.7 Å². The van der Waals surface area contributed by atoms with Crippen LogP contribution in [-0.2, 0) is 0 Å². The van der Waals surface area contributed by atoms with Crippen LogP contribution >= 0.6 is 0 Å². The van der Waals surface area contributed by atoms with Gasteiger partial charge in [-0.3, -0.25) is 0 Å². The molecule has 110 valence electrons. The van der Waals surface area contributed by atoms with Gasteiger partial charge >= 0.3 is 0 Å². The molecule has 0 bridgehead atoms. The number of hydrogen-bond donors (Lipinski definition) is 0. The van der Waals surface area contributed by atoms with E-state index in [1.807, 2.05) is 91.0 Å². The highest BCUT2D eigenvalue weighted by Crippen LogP contribution is 2.24. The summed E-state index contributed by atoms with van der Waals surface area (Å²) in [4.78, 5) is 0. The molecule has 3 aromatic rings. The second kappa shape index (κ2) is 7.11. The Balaban J connectivity index is 1.88. The third-order valence-electron chi connectivity index (χ3n) is 3.35. The summed E-state index contributed by atoms with van der Waals surface area (Å²) in [6.07, 6.45) is 1.87. The van der Waals surface area contributed by atoms with Crippen molar-refractivity contribution < 1.29 is 4.74 Å². The first-order valence-electron chi connectivity index (χ1n) is 7.35. The van der Waals surface area contributed by atoms with Gasteiger partial charge in [-0.2, -0.15) is 5.26 Å². The molecule has 23 heavy (non-hydrogen) atoms. The van der Waals surface area contributed by atoms with Crippen LogP contribution in [0.5, 0.6) is 11.5 Å². The fourth-order valence-electron chi connectivity index (χ4n) is 2.26. The van der Waals surface area contributed by atoms with Crippen LogP contribution in [0.25, 0.3) is 11.6 Å². The highest BCUT2D eigenvalue weighted by molar-refractivity contribution is 5.89. The van der Waals surface area contributed by atoms with E-state index in [1.54, 1.807) is 0 Å². The van der Waals surface area contributed by atoms with E-state index in [0.717, 1.165) is 22.6 Å². The number of nitriles is 1. The standard InChI is InChI=1S/C21H15NO/c22-16-19(18-9-3-1-4-10-18)14-17-8-7-13-21(15-17)23-20-11-5-2-6-12-20/h1-15H/b19-14+. The summed E-state index contributed by atoms with van der Waals surface area (Å²) in [5.41, 5.74) is 2.46. The quantitative estimate of drug-likeness (QED) is 0.467. The average molecular weight is 297 g/mol. The van der Waals surface area contributed by atoms with E-state index < -0.39 is 0 Å². The van der Waals surface area contributed by atoms with Crippen molar-refractivity contribution >= 4 is 11.6 Å². The molecule has 0 radical (unpaired) electrons. The van der Waals surface area contributed by atoms with Crippen LogP contribution in [-0.4, -0.2) is 0 Å². The maximum Gasteiger partial charge on any atom is 0.128 e. The molecule has 0 saturated carbocycles. The predicted molar refractivity (Wildman–Crippen MR) is 92.9 cm³/mol. The Morgan fingerprint density at radius 1 is 0.783 bits per heavy atom. The summed E-state index contributed by atoms with van der Waals surface area (Å²) in [6, 6.07) is 29.2. The zero-order chi connectivity index (χ0) is 15.9. The van der Waals surface area contributed by atoms with Crippen LogP contribution < -0.4 is 4.74 Å². The molecule has 2 heteroatoms. The summed E-state index contributed by atoms with van der Waals surface area (Å²) in [5, 5.41) is 9.40. The van der Waals surface area contributed by atoms with E-state index in [9.17, 15) is 5.26 Å². The van der Waals surface area contributed by atoms with Gasteiger partial charge in [0.05, 0.1) is 11.6 Å². The number of hydrogen-bond acceptors (Lipinski definition) is 2. The minimum atomic E-state index is 0.627. The Hall–Kier alpha value is -3.31. The van der Waals surface area contributed by atoms with E-state index in [2.05, 4.69) is 6.07 Å². The first-order chi connectivity index (χ1) is 11.3. The highest BCUT2D eigenvalue weighted by atomic mass is 16.5. The molecule has 0 atom stereocenters. The lowest BCUT2D eigenvalue weighted by Crippen LogP contribution is -1.85. The van der Waals surface area contributed by atoms with Gasteiger partial charge < -0.3 is 4.74 Å². The van der Waals surface area contributed by atoms with E-state index in [4.69, 9.17) is 4.74 Å². The Morgan fingerprint density at radius 3 is 2.13 bits per heavy atom. The zero-order valence-electron chi connectivity index (χ0n) is 12.5. The van der Waals surface area contributed by atoms with Crippen molar-refractivity contribution in [2.45, 2.75) is 0 Å². The van der Waals surface area contributed by atoms with Gasteiger partial charge in [-0.05, 0) is 41.5 Å². The lowest BCUT2D eigenvalue weighted by molar-refractivity contribution is 0.482. The van der Waals surface area contributed by atoms with Gasteiger partial charge in [-0.15, -0.1) is 0 Å². The molecule has 0 unspecified atom stereocenters. The van der Waals surface area contributed by atoms with Gasteiger partial charge in [0.25, 0.3) is 0 Å².